The van der Waals surface area contributed by atoms with Gasteiger partial charge in [0.2, 0.25) is 0 Å². The molecule has 0 fully saturated rings. The number of halogens is 2. The van der Waals surface area contributed by atoms with Crippen LogP contribution in [0.2, 0.25) is 0 Å². The Morgan fingerprint density at radius 1 is 1.33 bits per heavy atom. The first-order chi connectivity index (χ1) is 5.63. The van der Waals surface area contributed by atoms with E-state index >= 15 is 0 Å². The van der Waals surface area contributed by atoms with Crippen LogP contribution in [0.15, 0.2) is 16.6 Å². The van der Waals surface area contributed by atoms with Gasteiger partial charge in [-0.15, -0.1) is 0 Å². The lowest BCUT2D eigenvalue weighted by molar-refractivity contribution is 0.622. The Morgan fingerprint density at radius 3 is 2.25 bits per heavy atom. The number of hydrogen-bond acceptors (Lipinski definition) is 1. The maximum absolute atomic E-state index is 12.8. The molecule has 3 heteroatoms. The maximum atomic E-state index is 12.8. The van der Waals surface area contributed by atoms with E-state index in [0.29, 0.717) is 5.56 Å². The summed E-state index contributed by atoms with van der Waals surface area (Å²) >= 11 is 3.18. The van der Waals surface area contributed by atoms with Gasteiger partial charge in [-0.25, -0.2) is 4.39 Å². The molecule has 0 saturated heterocycles. The van der Waals surface area contributed by atoms with Gasteiger partial charge in [-0.3, -0.25) is 0 Å². The van der Waals surface area contributed by atoms with Gasteiger partial charge < -0.3 is 5.73 Å². The Kier molecular flexibility index (Phi) is 4.90. The highest BCUT2D eigenvalue weighted by Crippen LogP contribution is 2.22. The third-order valence-corrected chi connectivity index (χ3v) is 2.21. The fraction of sp³-hybridized carbons (Fsp3) is 0.333. The van der Waals surface area contributed by atoms with Crippen molar-refractivity contribution in [2.45, 2.75) is 20.8 Å². The van der Waals surface area contributed by atoms with Crippen LogP contribution in [0.3, 0.4) is 0 Å². The van der Waals surface area contributed by atoms with Crippen LogP contribution in [0, 0.1) is 12.7 Å². The van der Waals surface area contributed by atoms with Crippen LogP contribution < -0.4 is 5.73 Å². The summed E-state index contributed by atoms with van der Waals surface area (Å²) in [6.07, 6.45) is 0. The van der Waals surface area contributed by atoms with Crippen molar-refractivity contribution in [1.29, 1.82) is 0 Å². The largest absolute Gasteiger partial charge is 0.396 e. The lowest BCUT2D eigenvalue weighted by Crippen LogP contribution is -1.93. The van der Waals surface area contributed by atoms with Crippen LogP contribution in [-0.4, -0.2) is 0 Å². The molecule has 1 aromatic carbocycles. The highest BCUT2D eigenvalue weighted by atomic mass is 79.9. The second-order valence-corrected chi connectivity index (χ2v) is 2.93. The Balaban J connectivity index is 0.000000561. The quantitative estimate of drug-likeness (QED) is 0.683. The molecule has 0 aromatic heterocycles. The Bertz CT molecular complexity index is 234. The minimum absolute atomic E-state index is 0.195. The Morgan fingerprint density at radius 2 is 1.83 bits per heavy atom. The summed E-state index contributed by atoms with van der Waals surface area (Å²) in [5, 5.41) is 0. The van der Waals surface area contributed by atoms with Crippen LogP contribution in [0.4, 0.5) is 10.1 Å². The number of nitrogen functional groups attached to an aromatic ring is 1. The molecule has 0 saturated carbocycles. The van der Waals surface area contributed by atoms with E-state index in [4.69, 9.17) is 5.73 Å². The zero-order chi connectivity index (χ0) is 9.72. The summed E-state index contributed by atoms with van der Waals surface area (Å²) in [5.74, 6) is -0.339. The van der Waals surface area contributed by atoms with E-state index in [1.54, 1.807) is 13.0 Å². The molecule has 1 rings (SSSR count). The van der Waals surface area contributed by atoms with Gasteiger partial charge in [0.1, 0.15) is 5.82 Å². The van der Waals surface area contributed by atoms with Crippen molar-refractivity contribution in [3.8, 4) is 0 Å². The number of hydrogen-bond donors (Lipinski definition) is 1. The summed E-state index contributed by atoms with van der Waals surface area (Å²) in [6.45, 7) is 5.68. The van der Waals surface area contributed by atoms with Crippen molar-refractivity contribution in [3.05, 3.63) is 28.0 Å². The maximum Gasteiger partial charge on any atom is 0.150 e. The average molecular weight is 234 g/mol. The predicted molar refractivity (Wildman–Crippen MR) is 54.6 cm³/mol. The number of nitrogens with two attached hydrogens (primary N) is 1. The molecule has 1 aromatic rings. The molecular weight excluding hydrogens is 221 g/mol. The van der Waals surface area contributed by atoms with Gasteiger partial charge in [-0.1, -0.05) is 29.8 Å². The van der Waals surface area contributed by atoms with Gasteiger partial charge in [0, 0.05) is 10.0 Å². The van der Waals surface area contributed by atoms with E-state index in [-0.39, 0.29) is 11.5 Å². The monoisotopic (exact) mass is 233 g/mol. The van der Waals surface area contributed by atoms with Gasteiger partial charge in [0.15, 0.2) is 0 Å². The van der Waals surface area contributed by atoms with Gasteiger partial charge in [-0.05, 0) is 19.1 Å². The third kappa shape index (κ3) is 2.48. The zero-order valence-corrected chi connectivity index (χ0v) is 9.07. The second kappa shape index (κ2) is 5.14. The first kappa shape index (κ1) is 11.4. The minimum Gasteiger partial charge on any atom is -0.396 e. The van der Waals surface area contributed by atoms with Crippen LogP contribution in [0.1, 0.15) is 19.4 Å². The summed E-state index contributed by atoms with van der Waals surface area (Å²) in [5.41, 5.74) is 6.04. The molecule has 0 aliphatic carbocycles. The van der Waals surface area contributed by atoms with E-state index in [1.165, 1.54) is 6.07 Å². The molecule has 68 valence electrons. The molecule has 0 spiro atoms. The van der Waals surface area contributed by atoms with Crippen molar-refractivity contribution < 1.29 is 4.39 Å². The predicted octanol–water partition coefficient (Wildman–Crippen LogP) is 3.51. The molecule has 0 amide bonds. The van der Waals surface area contributed by atoms with Crippen LogP contribution in [0.5, 0.6) is 0 Å². The molecule has 12 heavy (non-hydrogen) atoms. The minimum atomic E-state index is -0.339. The molecule has 2 N–H and O–H groups in total. The SMILES string of the molecule is CC.Cc1c(Br)ccc(N)c1F. The molecule has 1 nitrogen and oxygen atoms in total. The van der Waals surface area contributed by atoms with Crippen LogP contribution in [0.25, 0.3) is 0 Å². The van der Waals surface area contributed by atoms with E-state index in [2.05, 4.69) is 15.9 Å². The standard InChI is InChI=1S/C7H7BrFN.C2H6/c1-4-5(8)2-3-6(10)7(4)9;1-2/h2-3H,10H2,1H3;1-2H3. The third-order valence-electron chi connectivity index (χ3n) is 1.35. The van der Waals surface area contributed by atoms with Gasteiger partial charge >= 0.3 is 0 Å². The fourth-order valence-electron chi connectivity index (χ4n) is 0.682. The van der Waals surface area contributed by atoms with Crippen molar-refractivity contribution in [2.75, 3.05) is 5.73 Å². The topological polar surface area (TPSA) is 26.0 Å². The van der Waals surface area contributed by atoms with E-state index < -0.39 is 0 Å². The van der Waals surface area contributed by atoms with Crippen LogP contribution >= 0.6 is 15.9 Å². The molecule has 0 atom stereocenters. The molecule has 0 bridgehead atoms. The molecule has 0 unspecified atom stereocenters. The van der Waals surface area contributed by atoms with E-state index in [9.17, 15) is 4.39 Å². The lowest BCUT2D eigenvalue weighted by Gasteiger charge is -2.01. The molecule has 0 aliphatic rings. The Hall–Kier alpha value is -0.570. The first-order valence-corrected chi connectivity index (χ1v) is 4.62. The number of anilines is 1. The highest BCUT2D eigenvalue weighted by molar-refractivity contribution is 9.10. The molecule has 0 heterocycles. The highest BCUT2D eigenvalue weighted by Gasteiger charge is 2.03. The van der Waals surface area contributed by atoms with Crippen molar-refractivity contribution in [3.63, 3.8) is 0 Å². The van der Waals surface area contributed by atoms with E-state index in [0.717, 1.165) is 4.47 Å². The van der Waals surface area contributed by atoms with Crippen molar-refractivity contribution in [1.82, 2.24) is 0 Å². The Labute approximate surface area is 80.9 Å². The van der Waals surface area contributed by atoms with Gasteiger partial charge in [0.05, 0.1) is 5.69 Å². The molecular formula is C9H13BrFN. The van der Waals surface area contributed by atoms with E-state index in [1.807, 2.05) is 13.8 Å². The van der Waals surface area contributed by atoms with Crippen molar-refractivity contribution >= 4 is 21.6 Å². The summed E-state index contributed by atoms with van der Waals surface area (Å²) in [4.78, 5) is 0. The first-order valence-electron chi connectivity index (χ1n) is 3.83. The van der Waals surface area contributed by atoms with Crippen molar-refractivity contribution in [2.24, 2.45) is 0 Å². The molecule has 0 aliphatic heterocycles. The zero-order valence-electron chi connectivity index (χ0n) is 7.49. The van der Waals surface area contributed by atoms with Gasteiger partial charge in [-0.2, -0.15) is 0 Å². The number of rotatable bonds is 0. The lowest BCUT2D eigenvalue weighted by atomic mass is 10.2. The summed E-state index contributed by atoms with van der Waals surface area (Å²) in [6, 6.07) is 3.26. The number of benzene rings is 1. The normalized spacial score (nSPS) is 8.75. The fourth-order valence-corrected chi connectivity index (χ4v) is 0.989. The smallest absolute Gasteiger partial charge is 0.150 e. The van der Waals surface area contributed by atoms with Crippen LogP contribution in [-0.2, 0) is 0 Å². The molecule has 0 radical (unpaired) electrons. The van der Waals surface area contributed by atoms with Gasteiger partial charge in [0.25, 0.3) is 0 Å². The average Bonchev–Trinajstić information content (AvgIpc) is 2.12. The second-order valence-electron chi connectivity index (χ2n) is 2.08. The summed E-state index contributed by atoms with van der Waals surface area (Å²) in [7, 11) is 0. The summed E-state index contributed by atoms with van der Waals surface area (Å²) < 4.78 is 13.6.